The van der Waals surface area contributed by atoms with Crippen molar-refractivity contribution >= 4 is 5.97 Å². The van der Waals surface area contributed by atoms with Gasteiger partial charge in [0.1, 0.15) is 36.1 Å². The molecule has 9 rings (SSSR count). The van der Waals surface area contributed by atoms with Crippen LogP contribution in [0.3, 0.4) is 0 Å². The molecule has 18 atom stereocenters. The molecule has 0 aromatic carbocycles. The van der Waals surface area contributed by atoms with E-state index in [0.717, 1.165) is 38.5 Å². The van der Waals surface area contributed by atoms with E-state index in [-0.39, 0.29) is 75.9 Å². The van der Waals surface area contributed by atoms with E-state index in [9.17, 15) is 25.2 Å². The lowest BCUT2D eigenvalue weighted by molar-refractivity contribution is -0.345. The van der Waals surface area contributed by atoms with Gasteiger partial charge in [0.05, 0.1) is 18.8 Å². The Balaban J connectivity index is 1.06. The molecule has 5 aliphatic carbocycles. The summed E-state index contributed by atoms with van der Waals surface area (Å²) in [5.41, 5.74) is -0.191. The quantitative estimate of drug-likeness (QED) is 0.198. The summed E-state index contributed by atoms with van der Waals surface area (Å²) < 4.78 is 37.8. The topological polar surface area (TPSA) is 157 Å². The Hall–Kier alpha value is -1.15. The van der Waals surface area contributed by atoms with Crippen LogP contribution in [0.1, 0.15) is 93.4 Å². The SMILES string of the molecule is CC(=O)OC1C[C@@]23C[C@@]24CC[C@H](O[C@@H]2OC[C@@H](O)[C@H](O)[C@H]2O)C(C)(C)C4CC=C3C2(C)CC3OC4(CC(C)C3[C@@]12C)OC(O)C1(C)OC41. The lowest BCUT2D eigenvalue weighted by atomic mass is 9.44. The summed E-state index contributed by atoms with van der Waals surface area (Å²) in [7, 11) is 0. The summed E-state index contributed by atoms with van der Waals surface area (Å²) in [6.07, 6.45) is 1.68. The highest BCUT2D eigenvalue weighted by Gasteiger charge is 2.85. The number of fused-ring (bicyclic) bond motifs is 6. The minimum atomic E-state index is -1.32. The summed E-state index contributed by atoms with van der Waals surface area (Å²) in [5, 5.41) is 41.7. The van der Waals surface area contributed by atoms with Crippen LogP contribution in [-0.2, 0) is 33.2 Å². The molecule has 0 radical (unpaired) electrons. The molecule has 4 saturated heterocycles. The molecule has 10 unspecified atom stereocenters. The summed E-state index contributed by atoms with van der Waals surface area (Å²) in [4.78, 5) is 12.9. The van der Waals surface area contributed by atoms with Crippen LogP contribution in [0.5, 0.6) is 0 Å². The number of aliphatic hydroxyl groups is 4. The Kier molecular flexibility index (Phi) is 6.57. The predicted molar refractivity (Wildman–Crippen MR) is 168 cm³/mol. The van der Waals surface area contributed by atoms with Crippen molar-refractivity contribution in [3.8, 4) is 0 Å². The number of allylic oxidation sites excluding steroid dienone is 2. The van der Waals surface area contributed by atoms with Gasteiger partial charge in [-0.25, -0.2) is 0 Å². The third-order valence-electron chi connectivity index (χ3n) is 16.1. The van der Waals surface area contributed by atoms with E-state index in [4.69, 9.17) is 28.4 Å². The second-order valence-electron chi connectivity index (χ2n) is 18.5. The van der Waals surface area contributed by atoms with Crippen LogP contribution in [0.4, 0.5) is 0 Å². The van der Waals surface area contributed by atoms with Crippen LogP contribution < -0.4 is 0 Å². The number of epoxide rings is 1. The molecule has 268 valence electrons. The van der Waals surface area contributed by atoms with Gasteiger partial charge in [0, 0.05) is 29.6 Å². The maximum Gasteiger partial charge on any atom is 0.302 e. The molecule has 11 heteroatoms. The second kappa shape index (κ2) is 9.63. The van der Waals surface area contributed by atoms with Crippen LogP contribution in [0.2, 0.25) is 0 Å². The zero-order valence-electron chi connectivity index (χ0n) is 29.3. The first-order chi connectivity index (χ1) is 22.4. The van der Waals surface area contributed by atoms with Crippen molar-refractivity contribution in [1.82, 2.24) is 0 Å². The highest BCUT2D eigenvalue weighted by molar-refractivity contribution is 5.66. The molecular weight excluding hydrogens is 620 g/mol. The lowest BCUT2D eigenvalue weighted by Gasteiger charge is -2.62. The number of esters is 1. The molecule has 4 aliphatic heterocycles. The smallest absolute Gasteiger partial charge is 0.302 e. The minimum absolute atomic E-state index is 0.0364. The summed E-state index contributed by atoms with van der Waals surface area (Å²) in [5.74, 6) is -0.600. The van der Waals surface area contributed by atoms with Crippen molar-refractivity contribution in [2.75, 3.05) is 6.61 Å². The fraction of sp³-hybridized carbons (Fsp3) is 0.919. The molecule has 8 fully saturated rings. The predicted octanol–water partition coefficient (Wildman–Crippen LogP) is 2.95. The summed E-state index contributed by atoms with van der Waals surface area (Å²) in [6.45, 7) is 14.9. The zero-order chi connectivity index (χ0) is 34.2. The molecule has 0 bridgehead atoms. The maximum absolute atomic E-state index is 12.9. The van der Waals surface area contributed by atoms with Crippen molar-refractivity contribution < 1.29 is 53.6 Å². The highest BCUT2D eigenvalue weighted by Crippen LogP contribution is 2.88. The highest BCUT2D eigenvalue weighted by atomic mass is 16.8. The molecule has 9 aliphatic rings. The number of carbonyl (C=O) groups excluding carboxylic acids is 1. The van der Waals surface area contributed by atoms with Crippen molar-refractivity contribution in [1.29, 1.82) is 0 Å². The van der Waals surface area contributed by atoms with Gasteiger partial charge in [-0.15, -0.1) is 0 Å². The van der Waals surface area contributed by atoms with Gasteiger partial charge in [-0.1, -0.05) is 46.3 Å². The van der Waals surface area contributed by atoms with Crippen LogP contribution in [0, 0.1) is 44.8 Å². The van der Waals surface area contributed by atoms with Crippen LogP contribution in [-0.4, -0.2) is 99.7 Å². The number of hydrogen-bond acceptors (Lipinski definition) is 11. The Morgan fingerprint density at radius 1 is 0.958 bits per heavy atom. The van der Waals surface area contributed by atoms with Gasteiger partial charge >= 0.3 is 5.97 Å². The monoisotopic (exact) mass is 674 g/mol. The first-order valence-electron chi connectivity index (χ1n) is 18.3. The molecule has 4 N–H and O–H groups in total. The van der Waals surface area contributed by atoms with Gasteiger partial charge in [-0.2, -0.15) is 0 Å². The van der Waals surface area contributed by atoms with E-state index in [0.29, 0.717) is 12.3 Å². The zero-order valence-corrected chi connectivity index (χ0v) is 29.3. The van der Waals surface area contributed by atoms with Crippen molar-refractivity contribution in [3.05, 3.63) is 11.6 Å². The molecule has 4 saturated carbocycles. The Morgan fingerprint density at radius 2 is 1.71 bits per heavy atom. The largest absolute Gasteiger partial charge is 0.462 e. The van der Waals surface area contributed by atoms with E-state index in [1.165, 1.54) is 12.5 Å². The van der Waals surface area contributed by atoms with Crippen LogP contribution >= 0.6 is 0 Å². The third-order valence-corrected chi connectivity index (χ3v) is 16.1. The normalized spacial score (nSPS) is 61.6. The molecule has 11 nitrogen and oxygen atoms in total. The summed E-state index contributed by atoms with van der Waals surface area (Å²) in [6, 6.07) is 0. The van der Waals surface area contributed by atoms with Crippen molar-refractivity contribution in [3.63, 3.8) is 0 Å². The van der Waals surface area contributed by atoms with E-state index in [1.807, 2.05) is 6.92 Å². The molecule has 3 spiro atoms. The van der Waals surface area contributed by atoms with Crippen molar-refractivity contribution in [2.24, 2.45) is 44.8 Å². The van der Waals surface area contributed by atoms with E-state index in [2.05, 4.69) is 40.7 Å². The fourth-order valence-electron chi connectivity index (χ4n) is 13.8. The first kappa shape index (κ1) is 32.7. The number of rotatable bonds is 3. The fourth-order valence-corrected chi connectivity index (χ4v) is 13.8. The molecule has 48 heavy (non-hydrogen) atoms. The number of hydrogen-bond donors (Lipinski definition) is 4. The second-order valence-corrected chi connectivity index (χ2v) is 18.5. The van der Waals surface area contributed by atoms with Gasteiger partial charge in [0.15, 0.2) is 12.6 Å². The number of ether oxygens (including phenoxy) is 6. The minimum Gasteiger partial charge on any atom is -0.462 e. The molecule has 4 heterocycles. The Labute approximate surface area is 282 Å². The number of aliphatic hydroxyl groups excluding tert-OH is 4. The van der Waals surface area contributed by atoms with Gasteiger partial charge in [0.2, 0.25) is 5.79 Å². The van der Waals surface area contributed by atoms with Gasteiger partial charge < -0.3 is 48.8 Å². The van der Waals surface area contributed by atoms with E-state index in [1.54, 1.807) is 0 Å². The summed E-state index contributed by atoms with van der Waals surface area (Å²) >= 11 is 0. The van der Waals surface area contributed by atoms with Crippen LogP contribution in [0.15, 0.2) is 11.6 Å². The third kappa shape index (κ3) is 3.69. The Bertz CT molecular complexity index is 1450. The van der Waals surface area contributed by atoms with E-state index >= 15 is 0 Å². The van der Waals surface area contributed by atoms with Crippen LogP contribution in [0.25, 0.3) is 0 Å². The molecule has 0 aromatic rings. The molecule has 0 amide bonds. The van der Waals surface area contributed by atoms with Gasteiger partial charge in [-0.3, -0.25) is 4.79 Å². The van der Waals surface area contributed by atoms with Gasteiger partial charge in [-0.05, 0) is 74.0 Å². The van der Waals surface area contributed by atoms with E-state index < -0.39 is 42.3 Å². The van der Waals surface area contributed by atoms with Gasteiger partial charge in [0.25, 0.3) is 0 Å². The first-order valence-corrected chi connectivity index (χ1v) is 18.3. The average Bonchev–Trinajstić information content (AvgIpc) is 3.84. The number of carbonyl (C=O) groups is 1. The Morgan fingerprint density at radius 3 is 2.38 bits per heavy atom. The van der Waals surface area contributed by atoms with Crippen molar-refractivity contribution in [2.45, 2.75) is 160 Å². The maximum atomic E-state index is 12.9. The lowest BCUT2D eigenvalue weighted by Crippen LogP contribution is -2.61. The average molecular weight is 675 g/mol. The molecular formula is C37H54O11. The standard InChI is InChI=1S/C37H54O11/c1-17-12-37(29-34(7,47-29)30(42)48-37)46-20-13-32(5)22-9-8-21-31(3,4)23(45-28-27(41)26(40)19(39)15-43-28)10-11-35(21)16-36(22,35)14-24(44-18(2)38)33(32,6)25(17)20/h9,17,19-21,23-30,39-42H,8,10-16H2,1-7H3/t17?,19-,20?,21?,23+,24?,25?,26+,27-,28+,29?,30?,32?,33-,34?,35-,36+,37?/m1/s1. The molecule has 0 aromatic heterocycles.